The van der Waals surface area contributed by atoms with Gasteiger partial charge < -0.3 is 20.5 Å². The quantitative estimate of drug-likeness (QED) is 0.672. The van der Waals surface area contributed by atoms with Crippen LogP contribution in [0, 0.1) is 13.8 Å². The van der Waals surface area contributed by atoms with Crippen molar-refractivity contribution >= 4 is 11.6 Å². The standard InChI is InChI=1S/C12H22N4O2/c1-8-11(13-3)14-9(2)15-12(8)16-10(5-6-17)7-18-4/h10,17H,5-7H2,1-4H3,(H2,13,14,15,16). The van der Waals surface area contributed by atoms with Crippen molar-refractivity contribution in [2.45, 2.75) is 26.3 Å². The lowest BCUT2D eigenvalue weighted by atomic mass is 10.2. The van der Waals surface area contributed by atoms with Gasteiger partial charge in [0, 0.05) is 26.3 Å². The highest BCUT2D eigenvalue weighted by Crippen LogP contribution is 2.20. The maximum absolute atomic E-state index is 9.03. The Kier molecular flexibility index (Phi) is 5.80. The number of nitrogens with one attached hydrogen (secondary N) is 2. The van der Waals surface area contributed by atoms with Gasteiger partial charge in [0.25, 0.3) is 0 Å². The van der Waals surface area contributed by atoms with Gasteiger partial charge in [0.2, 0.25) is 0 Å². The van der Waals surface area contributed by atoms with E-state index in [1.807, 2.05) is 20.9 Å². The highest BCUT2D eigenvalue weighted by atomic mass is 16.5. The van der Waals surface area contributed by atoms with Gasteiger partial charge in [-0.3, -0.25) is 0 Å². The molecule has 1 rings (SSSR count). The third-order valence-electron chi connectivity index (χ3n) is 2.68. The topological polar surface area (TPSA) is 79.3 Å². The van der Waals surface area contributed by atoms with Crippen LogP contribution in [0.1, 0.15) is 17.8 Å². The predicted molar refractivity (Wildman–Crippen MR) is 72.0 cm³/mol. The first kappa shape index (κ1) is 14.7. The number of hydrogen-bond donors (Lipinski definition) is 3. The van der Waals surface area contributed by atoms with Crippen LogP contribution in [-0.4, -0.2) is 48.5 Å². The zero-order chi connectivity index (χ0) is 13.5. The van der Waals surface area contributed by atoms with Crippen molar-refractivity contribution in [2.75, 3.05) is 38.0 Å². The second-order valence-corrected chi connectivity index (χ2v) is 4.15. The largest absolute Gasteiger partial charge is 0.396 e. The van der Waals surface area contributed by atoms with Crippen molar-refractivity contribution in [3.63, 3.8) is 0 Å². The second-order valence-electron chi connectivity index (χ2n) is 4.15. The summed E-state index contributed by atoms with van der Waals surface area (Å²) in [5, 5.41) is 15.4. The first-order chi connectivity index (χ1) is 8.62. The van der Waals surface area contributed by atoms with E-state index in [0.29, 0.717) is 18.9 Å². The molecule has 6 nitrogen and oxygen atoms in total. The minimum atomic E-state index is 0.0395. The summed E-state index contributed by atoms with van der Waals surface area (Å²) in [5.41, 5.74) is 0.960. The molecule has 0 aliphatic carbocycles. The molecule has 0 aromatic carbocycles. The fourth-order valence-electron chi connectivity index (χ4n) is 1.76. The van der Waals surface area contributed by atoms with Crippen LogP contribution >= 0.6 is 0 Å². The van der Waals surface area contributed by atoms with E-state index >= 15 is 0 Å². The lowest BCUT2D eigenvalue weighted by Crippen LogP contribution is -2.27. The third kappa shape index (κ3) is 3.82. The van der Waals surface area contributed by atoms with Crippen molar-refractivity contribution in [3.8, 4) is 0 Å². The molecule has 3 N–H and O–H groups in total. The molecule has 0 spiro atoms. The molecular weight excluding hydrogens is 232 g/mol. The van der Waals surface area contributed by atoms with Gasteiger partial charge in [0.15, 0.2) is 0 Å². The zero-order valence-electron chi connectivity index (χ0n) is 11.4. The van der Waals surface area contributed by atoms with Crippen molar-refractivity contribution in [2.24, 2.45) is 0 Å². The van der Waals surface area contributed by atoms with Crippen molar-refractivity contribution in [1.82, 2.24) is 9.97 Å². The highest BCUT2D eigenvalue weighted by molar-refractivity contribution is 5.57. The molecule has 1 atom stereocenters. The van der Waals surface area contributed by atoms with Gasteiger partial charge in [-0.05, 0) is 20.3 Å². The average Bonchev–Trinajstić information content (AvgIpc) is 2.34. The number of aliphatic hydroxyl groups is 1. The number of aryl methyl sites for hydroxylation is 1. The molecule has 1 heterocycles. The summed E-state index contributed by atoms with van der Waals surface area (Å²) in [7, 11) is 3.47. The van der Waals surface area contributed by atoms with Gasteiger partial charge in [0.05, 0.1) is 12.6 Å². The predicted octanol–water partition coefficient (Wildman–Crippen LogP) is 0.944. The van der Waals surface area contributed by atoms with E-state index in [9.17, 15) is 0 Å². The van der Waals surface area contributed by atoms with E-state index in [4.69, 9.17) is 9.84 Å². The van der Waals surface area contributed by atoms with Gasteiger partial charge in [-0.15, -0.1) is 0 Å². The molecule has 18 heavy (non-hydrogen) atoms. The van der Waals surface area contributed by atoms with Gasteiger partial charge in [-0.2, -0.15) is 0 Å². The first-order valence-electron chi connectivity index (χ1n) is 6.01. The van der Waals surface area contributed by atoms with Crippen LogP contribution in [0.25, 0.3) is 0 Å². The maximum atomic E-state index is 9.03. The number of ether oxygens (including phenoxy) is 1. The van der Waals surface area contributed by atoms with E-state index in [2.05, 4.69) is 20.6 Å². The fraction of sp³-hybridized carbons (Fsp3) is 0.667. The fourth-order valence-corrected chi connectivity index (χ4v) is 1.76. The van der Waals surface area contributed by atoms with Crippen LogP contribution in [0.2, 0.25) is 0 Å². The molecular formula is C12H22N4O2. The van der Waals surface area contributed by atoms with Crippen LogP contribution in [0.3, 0.4) is 0 Å². The average molecular weight is 254 g/mol. The van der Waals surface area contributed by atoms with E-state index in [0.717, 1.165) is 17.2 Å². The van der Waals surface area contributed by atoms with E-state index in [-0.39, 0.29) is 12.6 Å². The minimum Gasteiger partial charge on any atom is -0.396 e. The summed E-state index contributed by atoms with van der Waals surface area (Å²) < 4.78 is 5.12. The Morgan fingerprint density at radius 1 is 1.28 bits per heavy atom. The first-order valence-corrected chi connectivity index (χ1v) is 6.01. The van der Waals surface area contributed by atoms with Crippen LogP contribution < -0.4 is 10.6 Å². The van der Waals surface area contributed by atoms with Gasteiger partial charge in [-0.1, -0.05) is 0 Å². The summed E-state index contributed by atoms with van der Waals surface area (Å²) in [6.45, 7) is 4.44. The van der Waals surface area contributed by atoms with Crippen molar-refractivity contribution < 1.29 is 9.84 Å². The number of aliphatic hydroxyl groups excluding tert-OH is 1. The Morgan fingerprint density at radius 2 is 1.94 bits per heavy atom. The lowest BCUT2D eigenvalue weighted by Gasteiger charge is -2.20. The summed E-state index contributed by atoms with van der Waals surface area (Å²) in [6.07, 6.45) is 0.616. The molecule has 0 saturated heterocycles. The Labute approximate surface area is 108 Å². The molecule has 0 aliphatic heterocycles. The van der Waals surface area contributed by atoms with E-state index in [1.165, 1.54) is 0 Å². The summed E-state index contributed by atoms with van der Waals surface area (Å²) in [4.78, 5) is 8.69. The number of hydrogen-bond acceptors (Lipinski definition) is 6. The minimum absolute atomic E-state index is 0.0395. The molecule has 1 unspecified atom stereocenters. The SMILES string of the molecule is CNc1nc(C)nc(NC(CCO)COC)c1C. The maximum Gasteiger partial charge on any atom is 0.135 e. The van der Waals surface area contributed by atoms with Gasteiger partial charge in [0.1, 0.15) is 17.5 Å². The molecule has 0 amide bonds. The lowest BCUT2D eigenvalue weighted by molar-refractivity contribution is 0.170. The Morgan fingerprint density at radius 3 is 2.50 bits per heavy atom. The van der Waals surface area contributed by atoms with Crippen LogP contribution in [0.5, 0.6) is 0 Å². The highest BCUT2D eigenvalue weighted by Gasteiger charge is 2.13. The number of nitrogens with zero attached hydrogens (tertiary/aromatic N) is 2. The Hall–Kier alpha value is -1.40. The monoisotopic (exact) mass is 254 g/mol. The van der Waals surface area contributed by atoms with Gasteiger partial charge in [-0.25, -0.2) is 9.97 Å². The zero-order valence-corrected chi connectivity index (χ0v) is 11.4. The molecule has 0 bridgehead atoms. The Bertz CT molecular complexity index is 379. The van der Waals surface area contributed by atoms with E-state index < -0.39 is 0 Å². The molecule has 0 aliphatic rings. The molecule has 0 saturated carbocycles. The Balaban J connectivity index is 2.90. The number of anilines is 2. The number of aromatic nitrogens is 2. The number of rotatable bonds is 7. The molecule has 1 aromatic heterocycles. The second kappa shape index (κ2) is 7.13. The van der Waals surface area contributed by atoms with Crippen molar-refractivity contribution in [3.05, 3.63) is 11.4 Å². The smallest absolute Gasteiger partial charge is 0.135 e. The third-order valence-corrected chi connectivity index (χ3v) is 2.68. The molecule has 0 fully saturated rings. The molecule has 0 radical (unpaired) electrons. The van der Waals surface area contributed by atoms with Crippen LogP contribution in [-0.2, 0) is 4.74 Å². The summed E-state index contributed by atoms with van der Waals surface area (Å²) >= 11 is 0. The molecule has 6 heteroatoms. The normalized spacial score (nSPS) is 12.3. The number of methoxy groups -OCH3 is 1. The van der Waals surface area contributed by atoms with Crippen LogP contribution in [0.4, 0.5) is 11.6 Å². The van der Waals surface area contributed by atoms with Gasteiger partial charge >= 0.3 is 0 Å². The summed E-state index contributed by atoms with van der Waals surface area (Å²) in [6, 6.07) is 0.0395. The molecule has 102 valence electrons. The van der Waals surface area contributed by atoms with E-state index in [1.54, 1.807) is 7.11 Å². The van der Waals surface area contributed by atoms with Crippen molar-refractivity contribution in [1.29, 1.82) is 0 Å². The molecule has 1 aromatic rings. The summed E-state index contributed by atoms with van der Waals surface area (Å²) in [5.74, 6) is 2.29. The van der Waals surface area contributed by atoms with Crippen LogP contribution in [0.15, 0.2) is 0 Å².